The van der Waals surface area contributed by atoms with E-state index in [-0.39, 0.29) is 17.4 Å². The molecule has 0 radical (unpaired) electrons. The fourth-order valence-corrected chi connectivity index (χ4v) is 2.55. The van der Waals surface area contributed by atoms with Gasteiger partial charge in [-0.15, -0.1) is 10.2 Å². The van der Waals surface area contributed by atoms with E-state index in [0.717, 1.165) is 22.9 Å². The molecule has 122 valence electrons. The van der Waals surface area contributed by atoms with Crippen molar-refractivity contribution in [2.45, 2.75) is 12.1 Å². The summed E-state index contributed by atoms with van der Waals surface area (Å²) in [6, 6.07) is 14.1. The van der Waals surface area contributed by atoms with Crippen LogP contribution in [0.2, 0.25) is 0 Å². The maximum atomic E-state index is 11.9. The number of aryl methyl sites for hydroxylation is 1. The summed E-state index contributed by atoms with van der Waals surface area (Å²) in [6.45, 7) is 2.00. The maximum Gasteiger partial charge on any atom is 0.277 e. The summed E-state index contributed by atoms with van der Waals surface area (Å²) in [4.78, 5) is 11.9. The molecule has 1 heterocycles. The van der Waals surface area contributed by atoms with Crippen molar-refractivity contribution in [3.05, 3.63) is 54.1 Å². The molecular formula is C17H15N3O3S. The van der Waals surface area contributed by atoms with Gasteiger partial charge in [-0.25, -0.2) is 0 Å². The zero-order chi connectivity index (χ0) is 16.9. The quantitative estimate of drug-likeness (QED) is 0.691. The number of nitrogens with zero attached hydrogens (tertiary/aromatic N) is 2. The van der Waals surface area contributed by atoms with E-state index in [0.29, 0.717) is 16.8 Å². The smallest absolute Gasteiger partial charge is 0.277 e. The number of carbonyl (C=O) groups is 1. The Morgan fingerprint density at radius 2 is 2.00 bits per heavy atom. The molecule has 0 saturated carbocycles. The highest BCUT2D eigenvalue weighted by molar-refractivity contribution is 7.99. The van der Waals surface area contributed by atoms with Crippen molar-refractivity contribution < 1.29 is 14.3 Å². The van der Waals surface area contributed by atoms with Gasteiger partial charge in [-0.1, -0.05) is 35.5 Å². The Balaban J connectivity index is 1.57. The molecule has 3 rings (SSSR count). The van der Waals surface area contributed by atoms with Crippen LogP contribution in [0.4, 0.5) is 5.69 Å². The van der Waals surface area contributed by atoms with Crippen molar-refractivity contribution in [2.24, 2.45) is 0 Å². The highest BCUT2D eigenvalue weighted by Crippen LogP contribution is 2.23. The number of benzene rings is 2. The van der Waals surface area contributed by atoms with Crippen molar-refractivity contribution in [1.29, 1.82) is 0 Å². The van der Waals surface area contributed by atoms with Gasteiger partial charge in [0.05, 0.1) is 5.75 Å². The monoisotopic (exact) mass is 341 g/mol. The van der Waals surface area contributed by atoms with E-state index < -0.39 is 0 Å². The van der Waals surface area contributed by atoms with Crippen LogP contribution in [0.3, 0.4) is 0 Å². The van der Waals surface area contributed by atoms with Gasteiger partial charge in [0.15, 0.2) is 0 Å². The van der Waals surface area contributed by atoms with Crippen molar-refractivity contribution in [3.63, 3.8) is 0 Å². The predicted molar refractivity (Wildman–Crippen MR) is 91.9 cm³/mol. The lowest BCUT2D eigenvalue weighted by atomic mass is 10.1. The Bertz CT molecular complexity index is 846. The number of hydrogen-bond acceptors (Lipinski definition) is 6. The van der Waals surface area contributed by atoms with E-state index in [1.807, 2.05) is 31.2 Å². The minimum Gasteiger partial charge on any atom is -0.508 e. The lowest BCUT2D eigenvalue weighted by molar-refractivity contribution is -0.113. The maximum absolute atomic E-state index is 11.9. The highest BCUT2D eigenvalue weighted by atomic mass is 32.2. The van der Waals surface area contributed by atoms with Crippen molar-refractivity contribution in [1.82, 2.24) is 10.2 Å². The topological polar surface area (TPSA) is 88.2 Å². The lowest BCUT2D eigenvalue weighted by Crippen LogP contribution is -2.13. The molecule has 0 atom stereocenters. The van der Waals surface area contributed by atoms with Gasteiger partial charge in [0, 0.05) is 17.3 Å². The standard InChI is InChI=1S/C17H15N3O3S/c1-11-5-7-12(8-6-11)16-19-20-17(23-16)24-10-15(22)18-13-3-2-4-14(21)9-13/h2-9,21H,10H2,1H3,(H,18,22). The Morgan fingerprint density at radius 1 is 1.21 bits per heavy atom. The number of rotatable bonds is 5. The zero-order valence-corrected chi connectivity index (χ0v) is 13.7. The van der Waals surface area contributed by atoms with Crippen LogP contribution in [0.1, 0.15) is 5.56 Å². The number of thioether (sulfide) groups is 1. The third-order valence-corrected chi connectivity index (χ3v) is 3.98. The molecular weight excluding hydrogens is 326 g/mol. The first kappa shape index (κ1) is 16.1. The number of nitrogens with one attached hydrogen (secondary N) is 1. The van der Waals surface area contributed by atoms with E-state index >= 15 is 0 Å². The summed E-state index contributed by atoms with van der Waals surface area (Å²) in [5.41, 5.74) is 2.52. The molecule has 0 spiro atoms. The van der Waals surface area contributed by atoms with Gasteiger partial charge in [0.25, 0.3) is 5.22 Å². The van der Waals surface area contributed by atoms with Crippen molar-refractivity contribution in [3.8, 4) is 17.2 Å². The average Bonchev–Trinajstić information content (AvgIpc) is 3.03. The van der Waals surface area contributed by atoms with Gasteiger partial charge in [-0.2, -0.15) is 0 Å². The van der Waals surface area contributed by atoms with Gasteiger partial charge < -0.3 is 14.8 Å². The second kappa shape index (κ2) is 7.18. The number of phenolic OH excluding ortho intramolecular Hbond substituents is 1. The minimum absolute atomic E-state index is 0.0973. The first-order valence-electron chi connectivity index (χ1n) is 7.22. The number of aromatic hydroxyl groups is 1. The molecule has 0 saturated heterocycles. The van der Waals surface area contributed by atoms with E-state index in [1.54, 1.807) is 12.1 Å². The highest BCUT2D eigenvalue weighted by Gasteiger charge is 2.11. The van der Waals surface area contributed by atoms with Crippen molar-refractivity contribution >= 4 is 23.4 Å². The van der Waals surface area contributed by atoms with Gasteiger partial charge in [-0.05, 0) is 31.2 Å². The number of amides is 1. The molecule has 0 aliphatic carbocycles. The molecule has 0 unspecified atom stereocenters. The van der Waals surface area contributed by atoms with E-state index in [2.05, 4.69) is 15.5 Å². The van der Waals surface area contributed by atoms with Crippen LogP contribution in [0.5, 0.6) is 5.75 Å². The average molecular weight is 341 g/mol. The van der Waals surface area contributed by atoms with Crippen LogP contribution in [-0.2, 0) is 4.79 Å². The Hall–Kier alpha value is -2.80. The predicted octanol–water partition coefficient (Wildman–Crippen LogP) is 3.48. The largest absolute Gasteiger partial charge is 0.508 e. The van der Waals surface area contributed by atoms with Gasteiger partial charge in [0.1, 0.15) is 5.75 Å². The van der Waals surface area contributed by atoms with Gasteiger partial charge >= 0.3 is 0 Å². The van der Waals surface area contributed by atoms with E-state index in [4.69, 9.17) is 4.42 Å². The minimum atomic E-state index is -0.222. The van der Waals surface area contributed by atoms with Crippen LogP contribution >= 0.6 is 11.8 Å². The number of aromatic nitrogens is 2. The summed E-state index contributed by atoms with van der Waals surface area (Å²) in [5, 5.41) is 20.3. The normalized spacial score (nSPS) is 10.5. The molecule has 1 amide bonds. The number of hydrogen-bond donors (Lipinski definition) is 2. The molecule has 2 aromatic carbocycles. The molecule has 6 nitrogen and oxygen atoms in total. The van der Waals surface area contributed by atoms with Crippen LogP contribution < -0.4 is 5.32 Å². The first-order valence-corrected chi connectivity index (χ1v) is 8.21. The molecule has 0 aliphatic rings. The summed E-state index contributed by atoms with van der Waals surface area (Å²) >= 11 is 1.16. The SMILES string of the molecule is Cc1ccc(-c2nnc(SCC(=O)Nc3cccc(O)c3)o2)cc1. The third-order valence-electron chi connectivity index (χ3n) is 3.16. The number of carbonyl (C=O) groups excluding carboxylic acids is 1. The van der Waals surface area contributed by atoms with Crippen LogP contribution in [-0.4, -0.2) is 27.0 Å². The molecule has 0 bridgehead atoms. The van der Waals surface area contributed by atoms with Crippen LogP contribution in [0.15, 0.2) is 58.2 Å². The Kier molecular flexibility index (Phi) is 4.81. The van der Waals surface area contributed by atoms with Gasteiger partial charge in [-0.3, -0.25) is 4.79 Å². The Morgan fingerprint density at radius 3 is 2.75 bits per heavy atom. The second-order valence-electron chi connectivity index (χ2n) is 5.13. The molecule has 1 aromatic heterocycles. The van der Waals surface area contributed by atoms with E-state index in [1.165, 1.54) is 12.1 Å². The van der Waals surface area contributed by atoms with E-state index in [9.17, 15) is 9.90 Å². The summed E-state index contributed by atoms with van der Waals surface area (Å²) < 4.78 is 5.55. The second-order valence-corrected chi connectivity index (χ2v) is 6.05. The molecule has 2 N–H and O–H groups in total. The zero-order valence-electron chi connectivity index (χ0n) is 12.9. The fourth-order valence-electron chi connectivity index (χ4n) is 1.99. The van der Waals surface area contributed by atoms with Crippen molar-refractivity contribution in [2.75, 3.05) is 11.1 Å². The fraction of sp³-hybridized carbons (Fsp3) is 0.118. The third kappa shape index (κ3) is 4.14. The van der Waals surface area contributed by atoms with Crippen LogP contribution in [0.25, 0.3) is 11.5 Å². The lowest BCUT2D eigenvalue weighted by Gasteiger charge is -2.03. The summed E-state index contributed by atoms with van der Waals surface area (Å²) in [6.07, 6.45) is 0. The number of anilines is 1. The van der Waals surface area contributed by atoms with Crippen LogP contribution in [0, 0.1) is 6.92 Å². The molecule has 24 heavy (non-hydrogen) atoms. The number of phenols is 1. The summed E-state index contributed by atoms with van der Waals surface area (Å²) in [7, 11) is 0. The molecule has 0 fully saturated rings. The molecule has 7 heteroatoms. The molecule has 0 aliphatic heterocycles. The Labute approximate surface area is 142 Å². The summed E-state index contributed by atoms with van der Waals surface area (Å²) in [5.74, 6) is 0.428. The first-order chi connectivity index (χ1) is 11.6. The molecule has 3 aromatic rings. The van der Waals surface area contributed by atoms with Gasteiger partial charge in [0.2, 0.25) is 11.8 Å².